The number of aromatic nitrogens is 1. The van der Waals surface area contributed by atoms with Gasteiger partial charge in [-0.25, -0.2) is 0 Å². The van der Waals surface area contributed by atoms with E-state index in [4.69, 9.17) is 8.83 Å². The van der Waals surface area contributed by atoms with E-state index in [-0.39, 0.29) is 36.3 Å². The summed E-state index contributed by atoms with van der Waals surface area (Å²) in [6, 6.07) is 11.6. The maximum Gasteiger partial charge on any atom is 0.387 e. The molecule has 1 aliphatic rings. The second-order valence-electron chi connectivity index (χ2n) is 7.32. The molecule has 0 aliphatic carbocycles. The number of nitriles is 1. The summed E-state index contributed by atoms with van der Waals surface area (Å²) in [7, 11) is 0. The van der Waals surface area contributed by atoms with Crippen LogP contribution in [0.1, 0.15) is 11.3 Å². The number of anilines is 1. The fourth-order valence-electron chi connectivity index (χ4n) is 3.46. The Bertz CT molecular complexity index is 1100. The number of halogens is 2. The Morgan fingerprint density at radius 1 is 1.21 bits per heavy atom. The first kappa shape index (κ1) is 22.3. The minimum Gasteiger partial charge on any atom is -0.459 e. The van der Waals surface area contributed by atoms with Gasteiger partial charge < -0.3 is 23.8 Å². The molecule has 3 aromatic rings. The number of benzene rings is 1. The van der Waals surface area contributed by atoms with E-state index in [9.17, 15) is 18.8 Å². The van der Waals surface area contributed by atoms with Gasteiger partial charge in [0.1, 0.15) is 11.8 Å². The van der Waals surface area contributed by atoms with Crippen molar-refractivity contribution in [3.63, 3.8) is 0 Å². The number of alkyl halides is 2. The number of piperazine rings is 1. The second-order valence-corrected chi connectivity index (χ2v) is 7.32. The zero-order valence-electron chi connectivity index (χ0n) is 17.5. The average Bonchev–Trinajstić information content (AvgIpc) is 3.49. The number of ether oxygens (including phenoxy) is 1. The number of furan rings is 1. The Labute approximate surface area is 188 Å². The van der Waals surface area contributed by atoms with Crippen molar-refractivity contribution in [3.05, 3.63) is 53.9 Å². The van der Waals surface area contributed by atoms with Crippen LogP contribution >= 0.6 is 0 Å². The van der Waals surface area contributed by atoms with Gasteiger partial charge >= 0.3 is 6.61 Å². The predicted molar refractivity (Wildman–Crippen MR) is 112 cm³/mol. The largest absolute Gasteiger partial charge is 0.459 e. The Morgan fingerprint density at radius 3 is 2.61 bits per heavy atom. The molecular weight excluding hydrogens is 436 g/mol. The Kier molecular flexibility index (Phi) is 6.85. The molecular formula is C22H21F2N5O4. The third-order valence-corrected chi connectivity index (χ3v) is 5.11. The van der Waals surface area contributed by atoms with Gasteiger partial charge in [0.25, 0.3) is 5.89 Å². The van der Waals surface area contributed by atoms with Gasteiger partial charge in [0.15, 0.2) is 5.76 Å². The first-order valence-electron chi connectivity index (χ1n) is 10.2. The zero-order chi connectivity index (χ0) is 23.2. The van der Waals surface area contributed by atoms with Crippen LogP contribution in [0.15, 0.2) is 51.5 Å². The van der Waals surface area contributed by atoms with E-state index < -0.39 is 6.61 Å². The van der Waals surface area contributed by atoms with Crippen LogP contribution in [-0.4, -0.2) is 55.1 Å². The van der Waals surface area contributed by atoms with E-state index in [0.29, 0.717) is 37.8 Å². The van der Waals surface area contributed by atoms with Gasteiger partial charge in [-0.1, -0.05) is 12.1 Å². The van der Waals surface area contributed by atoms with Gasteiger partial charge in [0.2, 0.25) is 17.5 Å². The minimum atomic E-state index is -2.87. The van der Waals surface area contributed by atoms with E-state index in [1.165, 1.54) is 18.4 Å². The summed E-state index contributed by atoms with van der Waals surface area (Å²) < 4.78 is 39.8. The van der Waals surface area contributed by atoms with Crippen LogP contribution < -0.4 is 15.0 Å². The zero-order valence-corrected chi connectivity index (χ0v) is 17.5. The van der Waals surface area contributed by atoms with Gasteiger partial charge in [-0.2, -0.15) is 19.0 Å². The molecule has 9 nitrogen and oxygen atoms in total. The molecule has 1 fully saturated rings. The Balaban J connectivity index is 1.25. The second kappa shape index (κ2) is 10.1. The summed E-state index contributed by atoms with van der Waals surface area (Å²) in [6.07, 6.45) is 1.51. The van der Waals surface area contributed by atoms with Gasteiger partial charge in [-0.05, 0) is 29.8 Å². The highest BCUT2D eigenvalue weighted by atomic mass is 19.3. The predicted octanol–water partition coefficient (Wildman–Crippen LogP) is 2.85. The molecule has 1 aliphatic heterocycles. The Morgan fingerprint density at radius 2 is 1.97 bits per heavy atom. The molecule has 1 N–H and O–H groups in total. The molecule has 0 radical (unpaired) electrons. The number of rotatable bonds is 8. The highest BCUT2D eigenvalue weighted by Crippen LogP contribution is 2.29. The lowest BCUT2D eigenvalue weighted by Gasteiger charge is -2.34. The Hall–Kier alpha value is -3.91. The van der Waals surface area contributed by atoms with Gasteiger partial charge in [-0.3, -0.25) is 9.69 Å². The van der Waals surface area contributed by atoms with Crippen LogP contribution in [0, 0.1) is 11.3 Å². The standard InChI is InChI=1S/C22H21F2N5O4/c23-22(24)32-16-5-3-15(4-6-16)13-26-19(30)14-28-7-9-29(10-8-28)21-17(12-25)27-20(33-21)18-2-1-11-31-18/h1-6,11,22H,7-10,13-14H2,(H,26,30). The van der Waals surface area contributed by atoms with Crippen molar-refractivity contribution < 1.29 is 27.1 Å². The molecule has 11 heteroatoms. The molecule has 0 unspecified atom stereocenters. The van der Waals surface area contributed by atoms with E-state index in [2.05, 4.69) is 21.1 Å². The highest BCUT2D eigenvalue weighted by molar-refractivity contribution is 5.78. The number of oxazole rings is 1. The van der Waals surface area contributed by atoms with E-state index in [0.717, 1.165) is 5.56 Å². The lowest BCUT2D eigenvalue weighted by atomic mass is 10.2. The van der Waals surface area contributed by atoms with E-state index in [1.54, 1.807) is 24.3 Å². The van der Waals surface area contributed by atoms with Crippen molar-refractivity contribution in [2.24, 2.45) is 0 Å². The molecule has 0 bridgehead atoms. The summed E-state index contributed by atoms with van der Waals surface area (Å²) in [5.41, 5.74) is 0.967. The van der Waals surface area contributed by atoms with Crippen molar-refractivity contribution in [1.29, 1.82) is 5.26 Å². The fraction of sp³-hybridized carbons (Fsp3) is 0.318. The first-order valence-corrected chi connectivity index (χ1v) is 10.2. The van der Waals surface area contributed by atoms with Gasteiger partial charge in [0, 0.05) is 32.7 Å². The summed E-state index contributed by atoms with van der Waals surface area (Å²) in [5, 5.41) is 12.2. The number of hydrogen-bond acceptors (Lipinski definition) is 8. The minimum absolute atomic E-state index is 0.0699. The molecule has 172 valence electrons. The third kappa shape index (κ3) is 5.67. The number of carbonyl (C=O) groups excluding carboxylic acids is 1. The van der Waals surface area contributed by atoms with Crippen LogP contribution in [0.25, 0.3) is 11.7 Å². The van der Waals surface area contributed by atoms with Crippen LogP contribution in [-0.2, 0) is 11.3 Å². The summed E-state index contributed by atoms with van der Waals surface area (Å²) in [4.78, 5) is 20.4. The molecule has 1 amide bonds. The monoisotopic (exact) mass is 457 g/mol. The van der Waals surface area contributed by atoms with Crippen molar-refractivity contribution >= 4 is 11.8 Å². The molecule has 4 rings (SSSR count). The lowest BCUT2D eigenvalue weighted by Crippen LogP contribution is -2.49. The van der Waals surface area contributed by atoms with Crippen molar-refractivity contribution in [3.8, 4) is 23.5 Å². The van der Waals surface area contributed by atoms with E-state index in [1.807, 2.05) is 9.80 Å². The topological polar surface area (TPSA) is 108 Å². The number of amides is 1. The molecule has 33 heavy (non-hydrogen) atoms. The van der Waals surface area contributed by atoms with E-state index >= 15 is 0 Å². The molecule has 3 heterocycles. The van der Waals surface area contributed by atoms with Crippen LogP contribution in [0.4, 0.5) is 14.7 Å². The first-order chi connectivity index (χ1) is 16.0. The number of hydrogen-bond donors (Lipinski definition) is 1. The maximum atomic E-state index is 12.3. The number of nitrogens with one attached hydrogen (secondary N) is 1. The van der Waals surface area contributed by atoms with Gasteiger partial charge in [0.05, 0.1) is 12.8 Å². The highest BCUT2D eigenvalue weighted by Gasteiger charge is 2.26. The van der Waals surface area contributed by atoms with Crippen LogP contribution in [0.5, 0.6) is 5.75 Å². The normalized spacial score (nSPS) is 14.3. The molecule has 2 aromatic heterocycles. The fourth-order valence-corrected chi connectivity index (χ4v) is 3.46. The molecule has 0 atom stereocenters. The molecule has 1 aromatic carbocycles. The van der Waals surface area contributed by atoms with Crippen LogP contribution in [0.2, 0.25) is 0 Å². The van der Waals surface area contributed by atoms with Crippen LogP contribution in [0.3, 0.4) is 0 Å². The van der Waals surface area contributed by atoms with Gasteiger partial charge in [-0.15, -0.1) is 0 Å². The summed E-state index contributed by atoms with van der Waals surface area (Å²) in [5.74, 6) is 1.02. The lowest BCUT2D eigenvalue weighted by molar-refractivity contribution is -0.122. The molecule has 0 spiro atoms. The maximum absolute atomic E-state index is 12.3. The average molecular weight is 457 g/mol. The number of carbonyl (C=O) groups is 1. The smallest absolute Gasteiger partial charge is 0.387 e. The summed E-state index contributed by atoms with van der Waals surface area (Å²) >= 11 is 0. The summed E-state index contributed by atoms with van der Waals surface area (Å²) in [6.45, 7) is -0.0129. The number of nitrogens with zero attached hydrogens (tertiary/aromatic N) is 4. The molecule has 1 saturated heterocycles. The SMILES string of the molecule is N#Cc1nc(-c2ccco2)oc1N1CCN(CC(=O)NCc2ccc(OC(F)F)cc2)CC1. The molecule has 0 saturated carbocycles. The third-order valence-electron chi connectivity index (χ3n) is 5.11. The van der Waals surface area contributed by atoms with Crippen molar-refractivity contribution in [2.75, 3.05) is 37.6 Å². The van der Waals surface area contributed by atoms with Crippen molar-refractivity contribution in [1.82, 2.24) is 15.2 Å². The van der Waals surface area contributed by atoms with Crippen molar-refractivity contribution in [2.45, 2.75) is 13.2 Å². The quantitative estimate of drug-likeness (QED) is 0.550.